The van der Waals surface area contributed by atoms with Crippen molar-refractivity contribution >= 4 is 17.6 Å². The average Bonchev–Trinajstić information content (AvgIpc) is 2.70. The van der Waals surface area contributed by atoms with E-state index in [9.17, 15) is 4.79 Å². The average molecular weight is 397 g/mol. The Morgan fingerprint density at radius 2 is 1.86 bits per heavy atom. The molecule has 0 saturated carbocycles. The summed E-state index contributed by atoms with van der Waals surface area (Å²) in [5, 5.41) is 9.46. The van der Waals surface area contributed by atoms with Gasteiger partial charge in [-0.2, -0.15) is 0 Å². The van der Waals surface area contributed by atoms with Crippen molar-refractivity contribution in [3.63, 3.8) is 0 Å². The highest BCUT2D eigenvalue weighted by atomic mass is 16.5. The lowest BCUT2D eigenvalue weighted by Crippen LogP contribution is -2.37. The lowest BCUT2D eigenvalue weighted by Gasteiger charge is -2.15. The summed E-state index contributed by atoms with van der Waals surface area (Å²) >= 11 is 0. The van der Waals surface area contributed by atoms with Crippen molar-refractivity contribution in [2.75, 3.05) is 25.5 Å². The van der Waals surface area contributed by atoms with Gasteiger partial charge >= 0.3 is 0 Å². The van der Waals surface area contributed by atoms with E-state index in [1.54, 1.807) is 7.05 Å². The highest BCUT2D eigenvalue weighted by Crippen LogP contribution is 2.20. The topological polar surface area (TPSA) is 74.8 Å². The number of benzene rings is 2. The largest absolute Gasteiger partial charge is 0.493 e. The first-order chi connectivity index (χ1) is 14.0. The summed E-state index contributed by atoms with van der Waals surface area (Å²) < 4.78 is 5.88. The third-order valence-corrected chi connectivity index (χ3v) is 4.33. The van der Waals surface area contributed by atoms with Crippen molar-refractivity contribution in [3.8, 4) is 5.75 Å². The molecule has 0 heterocycles. The molecule has 0 aliphatic heterocycles. The van der Waals surface area contributed by atoms with Gasteiger partial charge in [0.1, 0.15) is 5.75 Å². The number of aryl methyl sites for hydroxylation is 1. The number of hydrogen-bond acceptors (Lipinski definition) is 3. The number of guanidine groups is 1. The standard InChI is InChI=1S/C23H32N4O2/c1-5-14-29-22-15-17(2)6-9-20(22)16-26-23(24-4)25-13-12-19-7-10-21(11-8-19)27-18(3)28/h6-11,15H,5,12-14,16H2,1-4H3,(H,27,28)(H2,24,25,26). The van der Waals surface area contributed by atoms with E-state index in [1.807, 2.05) is 24.3 Å². The van der Waals surface area contributed by atoms with E-state index in [4.69, 9.17) is 4.74 Å². The van der Waals surface area contributed by atoms with E-state index in [0.29, 0.717) is 13.2 Å². The zero-order valence-electron chi connectivity index (χ0n) is 17.8. The Kier molecular flexibility index (Phi) is 9.02. The van der Waals surface area contributed by atoms with Crippen LogP contribution in [0.2, 0.25) is 0 Å². The number of hydrogen-bond donors (Lipinski definition) is 3. The van der Waals surface area contributed by atoms with E-state index in [-0.39, 0.29) is 5.91 Å². The number of rotatable bonds is 9. The molecule has 0 fully saturated rings. The molecule has 2 rings (SSSR count). The third-order valence-electron chi connectivity index (χ3n) is 4.33. The summed E-state index contributed by atoms with van der Waals surface area (Å²) in [5.74, 6) is 1.61. The fourth-order valence-corrected chi connectivity index (χ4v) is 2.84. The molecule has 0 spiro atoms. The maximum Gasteiger partial charge on any atom is 0.221 e. The molecule has 3 N–H and O–H groups in total. The Hall–Kier alpha value is -3.02. The van der Waals surface area contributed by atoms with Crippen LogP contribution < -0.4 is 20.7 Å². The molecule has 0 atom stereocenters. The zero-order valence-corrected chi connectivity index (χ0v) is 17.8. The first-order valence-corrected chi connectivity index (χ1v) is 10.0. The third kappa shape index (κ3) is 7.86. The molecule has 29 heavy (non-hydrogen) atoms. The summed E-state index contributed by atoms with van der Waals surface area (Å²) in [6.45, 7) is 7.79. The van der Waals surface area contributed by atoms with Gasteiger partial charge in [-0.25, -0.2) is 0 Å². The van der Waals surface area contributed by atoms with Crippen molar-refractivity contribution in [3.05, 3.63) is 59.2 Å². The first kappa shape index (κ1) is 22.3. The van der Waals surface area contributed by atoms with E-state index >= 15 is 0 Å². The molecule has 156 valence electrons. The molecule has 0 unspecified atom stereocenters. The summed E-state index contributed by atoms with van der Waals surface area (Å²) in [5.41, 5.74) is 4.30. The molecule has 2 aromatic carbocycles. The predicted octanol–water partition coefficient (Wildman–Crippen LogP) is 3.65. The van der Waals surface area contributed by atoms with Crippen LogP contribution in [-0.4, -0.2) is 32.1 Å². The number of ether oxygens (including phenoxy) is 1. The van der Waals surface area contributed by atoms with Crippen LogP contribution in [0.5, 0.6) is 5.75 Å². The van der Waals surface area contributed by atoms with Crippen LogP contribution in [0.15, 0.2) is 47.5 Å². The molecule has 0 aliphatic carbocycles. The van der Waals surface area contributed by atoms with Crippen molar-refractivity contribution in [1.82, 2.24) is 10.6 Å². The molecule has 1 amide bonds. The summed E-state index contributed by atoms with van der Waals surface area (Å²) in [6.07, 6.45) is 1.84. The number of amides is 1. The van der Waals surface area contributed by atoms with Crippen molar-refractivity contribution in [1.29, 1.82) is 0 Å². The molecule has 6 heteroatoms. The normalized spacial score (nSPS) is 11.1. The van der Waals surface area contributed by atoms with Gasteiger partial charge in [0.2, 0.25) is 5.91 Å². The number of anilines is 1. The molecule has 0 saturated heterocycles. The quantitative estimate of drug-likeness (QED) is 0.447. The van der Waals surface area contributed by atoms with Gasteiger partial charge in [-0.1, -0.05) is 31.2 Å². The van der Waals surface area contributed by atoms with Gasteiger partial charge in [0, 0.05) is 38.3 Å². The smallest absolute Gasteiger partial charge is 0.221 e. The van der Waals surface area contributed by atoms with Crippen molar-refractivity contribution in [2.24, 2.45) is 4.99 Å². The fraction of sp³-hybridized carbons (Fsp3) is 0.391. The molecule has 0 bridgehead atoms. The van der Waals surface area contributed by atoms with Gasteiger partial charge in [-0.3, -0.25) is 9.79 Å². The summed E-state index contributed by atoms with van der Waals surface area (Å²) in [4.78, 5) is 15.4. The minimum Gasteiger partial charge on any atom is -0.493 e. The van der Waals surface area contributed by atoms with E-state index in [2.05, 4.69) is 53.0 Å². The van der Waals surface area contributed by atoms with E-state index < -0.39 is 0 Å². The second-order valence-electron chi connectivity index (χ2n) is 6.94. The number of nitrogens with one attached hydrogen (secondary N) is 3. The Labute approximate surface area is 173 Å². The van der Waals surface area contributed by atoms with Gasteiger partial charge < -0.3 is 20.7 Å². The second-order valence-corrected chi connectivity index (χ2v) is 6.94. The predicted molar refractivity (Wildman–Crippen MR) is 120 cm³/mol. The Morgan fingerprint density at radius 3 is 2.52 bits per heavy atom. The van der Waals surface area contributed by atoms with Crippen LogP contribution in [-0.2, 0) is 17.8 Å². The maximum absolute atomic E-state index is 11.1. The van der Waals surface area contributed by atoms with Gasteiger partial charge in [0.25, 0.3) is 0 Å². The fourth-order valence-electron chi connectivity index (χ4n) is 2.84. The van der Waals surface area contributed by atoms with Crippen LogP contribution in [0.4, 0.5) is 5.69 Å². The summed E-state index contributed by atoms with van der Waals surface area (Å²) in [6, 6.07) is 14.1. The number of aliphatic imine (C=N–C) groups is 1. The van der Waals surface area contributed by atoms with Crippen LogP contribution in [0.1, 0.15) is 37.0 Å². The minimum absolute atomic E-state index is 0.0638. The van der Waals surface area contributed by atoms with Crippen molar-refractivity contribution in [2.45, 2.75) is 40.2 Å². The highest BCUT2D eigenvalue weighted by Gasteiger charge is 2.06. The van der Waals surface area contributed by atoms with Crippen LogP contribution in [0.25, 0.3) is 0 Å². The van der Waals surface area contributed by atoms with Gasteiger partial charge in [0.15, 0.2) is 5.96 Å². The Morgan fingerprint density at radius 1 is 1.10 bits per heavy atom. The lowest BCUT2D eigenvalue weighted by molar-refractivity contribution is -0.114. The first-order valence-electron chi connectivity index (χ1n) is 10.0. The van der Waals surface area contributed by atoms with E-state index in [1.165, 1.54) is 18.1 Å². The molecule has 0 aliphatic rings. The molecule has 0 aromatic heterocycles. The molecule has 2 aromatic rings. The van der Waals surface area contributed by atoms with Gasteiger partial charge in [0.05, 0.1) is 6.61 Å². The Bertz CT molecular complexity index is 816. The maximum atomic E-state index is 11.1. The van der Waals surface area contributed by atoms with E-state index in [0.717, 1.165) is 42.3 Å². The van der Waals surface area contributed by atoms with Gasteiger partial charge in [-0.15, -0.1) is 0 Å². The lowest BCUT2D eigenvalue weighted by atomic mass is 10.1. The molecule has 6 nitrogen and oxygen atoms in total. The molecule has 0 radical (unpaired) electrons. The van der Waals surface area contributed by atoms with Gasteiger partial charge in [-0.05, 0) is 49.1 Å². The number of carbonyl (C=O) groups is 1. The Balaban J connectivity index is 1.83. The van der Waals surface area contributed by atoms with Crippen LogP contribution in [0.3, 0.4) is 0 Å². The monoisotopic (exact) mass is 396 g/mol. The molecular weight excluding hydrogens is 364 g/mol. The van der Waals surface area contributed by atoms with Crippen LogP contribution >= 0.6 is 0 Å². The SMILES string of the molecule is CCCOc1cc(C)ccc1CNC(=NC)NCCc1ccc(NC(C)=O)cc1. The van der Waals surface area contributed by atoms with Crippen molar-refractivity contribution < 1.29 is 9.53 Å². The minimum atomic E-state index is -0.0638. The number of nitrogens with zero attached hydrogens (tertiary/aromatic N) is 1. The second kappa shape index (κ2) is 11.7. The van der Waals surface area contributed by atoms with Crippen LogP contribution in [0, 0.1) is 6.92 Å². The summed E-state index contributed by atoms with van der Waals surface area (Å²) in [7, 11) is 1.77. The molecular formula is C23H32N4O2. The zero-order chi connectivity index (χ0) is 21.1. The number of carbonyl (C=O) groups excluding carboxylic acids is 1. The highest BCUT2D eigenvalue weighted by molar-refractivity contribution is 5.88.